The van der Waals surface area contributed by atoms with Crippen LogP contribution in [0.3, 0.4) is 0 Å². The van der Waals surface area contributed by atoms with E-state index in [1.807, 2.05) is 48.7 Å². The number of amides is 1. The van der Waals surface area contributed by atoms with E-state index in [4.69, 9.17) is 4.74 Å². The molecule has 5 nitrogen and oxygen atoms in total. The smallest absolute Gasteiger partial charge is 0.340 e. The van der Waals surface area contributed by atoms with Gasteiger partial charge in [-0.15, -0.1) is 0 Å². The molecule has 1 amide bonds. The Morgan fingerprint density at radius 3 is 2.21 bits per heavy atom. The summed E-state index contributed by atoms with van der Waals surface area (Å²) >= 11 is 3.40. The molecule has 1 aromatic heterocycles. The molecule has 0 spiro atoms. The summed E-state index contributed by atoms with van der Waals surface area (Å²) in [6, 6.07) is 15.4. The predicted octanol–water partition coefficient (Wildman–Crippen LogP) is 5.87. The zero-order chi connectivity index (χ0) is 23.9. The van der Waals surface area contributed by atoms with Crippen molar-refractivity contribution in [1.29, 1.82) is 0 Å². The molecule has 0 bridgehead atoms. The molecule has 1 aliphatic heterocycles. The number of aryl methyl sites for hydroxylation is 1. The third kappa shape index (κ3) is 4.04. The summed E-state index contributed by atoms with van der Waals surface area (Å²) in [5.41, 5.74) is 5.04. The summed E-state index contributed by atoms with van der Waals surface area (Å²) in [6.45, 7) is 5.59. The molecule has 0 unspecified atom stereocenters. The van der Waals surface area contributed by atoms with Crippen LogP contribution in [0, 0.1) is 19.7 Å². The molecule has 7 heteroatoms. The first kappa shape index (κ1) is 22.7. The van der Waals surface area contributed by atoms with Crippen molar-refractivity contribution in [3.8, 4) is 5.69 Å². The van der Waals surface area contributed by atoms with Crippen molar-refractivity contribution < 1.29 is 18.7 Å². The number of nitrogens with zero attached hydrogens (tertiary/aromatic N) is 2. The van der Waals surface area contributed by atoms with Crippen molar-refractivity contribution in [2.24, 2.45) is 0 Å². The van der Waals surface area contributed by atoms with Gasteiger partial charge in [0.15, 0.2) is 0 Å². The van der Waals surface area contributed by atoms with Crippen LogP contribution < -0.4 is 4.90 Å². The molecule has 1 aliphatic rings. The van der Waals surface area contributed by atoms with Crippen LogP contribution in [0.4, 0.5) is 10.1 Å². The molecule has 2 heterocycles. The zero-order valence-electron chi connectivity index (χ0n) is 18.6. The number of esters is 1. The fourth-order valence-electron chi connectivity index (χ4n) is 4.16. The molecule has 168 valence electrons. The lowest BCUT2D eigenvalue weighted by Gasteiger charge is -2.18. The average Bonchev–Trinajstić information content (AvgIpc) is 3.21. The first-order valence-electron chi connectivity index (χ1n) is 10.3. The quantitative estimate of drug-likeness (QED) is 0.327. The number of carbonyl (C=O) groups is 2. The number of rotatable bonds is 4. The van der Waals surface area contributed by atoms with Crippen LogP contribution in [0.15, 0.2) is 75.9 Å². The van der Waals surface area contributed by atoms with E-state index in [9.17, 15) is 14.0 Å². The Hall–Kier alpha value is -3.45. The van der Waals surface area contributed by atoms with Gasteiger partial charge < -0.3 is 9.30 Å². The summed E-state index contributed by atoms with van der Waals surface area (Å²) < 4.78 is 21.3. The maximum atomic E-state index is 13.5. The number of allylic oxidation sites excluding steroid dienone is 1. The summed E-state index contributed by atoms with van der Waals surface area (Å²) in [4.78, 5) is 27.7. The minimum absolute atomic E-state index is 0.233. The number of halogens is 2. The zero-order valence-corrected chi connectivity index (χ0v) is 20.2. The van der Waals surface area contributed by atoms with Gasteiger partial charge in [-0.1, -0.05) is 15.9 Å². The number of ether oxygens (including phenoxy) is 1. The minimum Gasteiger partial charge on any atom is -0.465 e. The number of methoxy groups -OCH3 is 1. The van der Waals surface area contributed by atoms with E-state index in [1.54, 1.807) is 25.1 Å². The molecule has 4 rings (SSSR count). The molecule has 0 aliphatic carbocycles. The minimum atomic E-state index is -0.570. The van der Waals surface area contributed by atoms with Crippen molar-refractivity contribution in [3.63, 3.8) is 0 Å². The lowest BCUT2D eigenvalue weighted by molar-refractivity contribution is -0.136. The number of benzene rings is 2. The van der Waals surface area contributed by atoms with Gasteiger partial charge in [0.1, 0.15) is 5.82 Å². The van der Waals surface area contributed by atoms with Gasteiger partial charge in [0.05, 0.1) is 18.3 Å². The van der Waals surface area contributed by atoms with E-state index in [0.29, 0.717) is 11.4 Å². The van der Waals surface area contributed by atoms with Crippen LogP contribution in [0.2, 0.25) is 0 Å². The lowest BCUT2D eigenvalue weighted by Crippen LogP contribution is -2.24. The van der Waals surface area contributed by atoms with Gasteiger partial charge in [0, 0.05) is 32.9 Å². The Bertz CT molecular complexity index is 1320. The first-order chi connectivity index (χ1) is 15.7. The summed E-state index contributed by atoms with van der Waals surface area (Å²) in [6.07, 6.45) is 1.72. The highest BCUT2D eigenvalue weighted by atomic mass is 79.9. The summed E-state index contributed by atoms with van der Waals surface area (Å²) in [5.74, 6) is -1.18. The normalized spacial score (nSPS) is 15.0. The van der Waals surface area contributed by atoms with Gasteiger partial charge >= 0.3 is 5.97 Å². The van der Waals surface area contributed by atoms with E-state index in [0.717, 1.165) is 27.1 Å². The van der Waals surface area contributed by atoms with Crippen molar-refractivity contribution in [2.45, 2.75) is 20.8 Å². The van der Waals surface area contributed by atoms with Crippen molar-refractivity contribution >= 4 is 39.6 Å². The number of carbonyl (C=O) groups excluding carboxylic acids is 2. The van der Waals surface area contributed by atoms with E-state index in [2.05, 4.69) is 15.9 Å². The largest absolute Gasteiger partial charge is 0.465 e. The molecule has 2 aromatic carbocycles. The molecule has 0 N–H and O–H groups in total. The Balaban J connectivity index is 1.84. The van der Waals surface area contributed by atoms with Crippen molar-refractivity contribution in [3.05, 3.63) is 98.7 Å². The van der Waals surface area contributed by atoms with Crippen molar-refractivity contribution in [2.75, 3.05) is 12.0 Å². The highest BCUT2D eigenvalue weighted by molar-refractivity contribution is 9.10. The summed E-state index contributed by atoms with van der Waals surface area (Å²) in [5, 5.41) is 0. The highest BCUT2D eigenvalue weighted by Gasteiger charge is 2.38. The number of hydrogen-bond acceptors (Lipinski definition) is 3. The van der Waals surface area contributed by atoms with Gasteiger partial charge in [0.25, 0.3) is 5.91 Å². The van der Waals surface area contributed by atoms with Crippen LogP contribution in [0.25, 0.3) is 11.8 Å². The molecule has 0 fully saturated rings. The maximum Gasteiger partial charge on any atom is 0.340 e. The molecular formula is C26H22BrFN2O3. The molecule has 0 saturated carbocycles. The molecule has 0 radical (unpaired) electrons. The van der Waals surface area contributed by atoms with Crippen LogP contribution in [0.1, 0.15) is 23.9 Å². The second kappa shape index (κ2) is 8.83. The molecule has 3 aromatic rings. The van der Waals surface area contributed by atoms with Crippen LogP contribution in [-0.2, 0) is 14.3 Å². The van der Waals surface area contributed by atoms with Gasteiger partial charge in [0.2, 0.25) is 0 Å². The molecule has 0 atom stereocenters. The highest BCUT2D eigenvalue weighted by Crippen LogP contribution is 2.36. The number of hydrogen-bond donors (Lipinski definition) is 0. The Morgan fingerprint density at radius 1 is 1.00 bits per heavy atom. The Morgan fingerprint density at radius 2 is 1.61 bits per heavy atom. The number of aromatic nitrogens is 1. The second-order valence-corrected chi connectivity index (χ2v) is 8.68. The van der Waals surface area contributed by atoms with E-state index >= 15 is 0 Å². The third-order valence-electron chi connectivity index (χ3n) is 5.73. The van der Waals surface area contributed by atoms with Crippen molar-refractivity contribution in [1.82, 2.24) is 4.57 Å². The fourth-order valence-corrected chi connectivity index (χ4v) is 4.42. The monoisotopic (exact) mass is 508 g/mol. The van der Waals surface area contributed by atoms with Gasteiger partial charge in [-0.3, -0.25) is 9.69 Å². The van der Waals surface area contributed by atoms with Gasteiger partial charge in [-0.2, -0.15) is 0 Å². The summed E-state index contributed by atoms with van der Waals surface area (Å²) in [7, 11) is 1.30. The van der Waals surface area contributed by atoms with Crippen LogP contribution in [0.5, 0.6) is 0 Å². The predicted molar refractivity (Wildman–Crippen MR) is 130 cm³/mol. The van der Waals surface area contributed by atoms with E-state index in [1.165, 1.54) is 24.1 Å². The fraction of sp³-hybridized carbons (Fsp3) is 0.154. The molecular weight excluding hydrogens is 487 g/mol. The van der Waals surface area contributed by atoms with E-state index < -0.39 is 5.97 Å². The average molecular weight is 509 g/mol. The SMILES string of the molecule is COC(=O)C1=C(C)N(c2ccc(Br)cc2)C(=O)/C1=C\c1cc(C)n(-c2ccc(F)cc2)c1C. The Labute approximate surface area is 199 Å². The topological polar surface area (TPSA) is 51.5 Å². The third-order valence-corrected chi connectivity index (χ3v) is 6.26. The number of anilines is 1. The standard InChI is InChI=1S/C26H22BrFN2O3/c1-15-13-18(16(2)29(15)21-11-7-20(28)8-12-21)14-23-24(26(32)33-4)17(3)30(25(23)31)22-9-5-19(27)6-10-22/h5-14H,1-4H3/b23-14-. The lowest BCUT2D eigenvalue weighted by atomic mass is 10.0. The maximum absolute atomic E-state index is 13.5. The molecule has 33 heavy (non-hydrogen) atoms. The molecule has 0 saturated heterocycles. The van der Waals surface area contributed by atoms with E-state index in [-0.39, 0.29) is 22.9 Å². The second-order valence-electron chi connectivity index (χ2n) is 7.77. The van der Waals surface area contributed by atoms with Crippen LogP contribution >= 0.6 is 15.9 Å². The van der Waals surface area contributed by atoms with Gasteiger partial charge in [-0.05, 0) is 87.0 Å². The van der Waals surface area contributed by atoms with Crippen LogP contribution in [-0.4, -0.2) is 23.6 Å². The Kier molecular flexibility index (Phi) is 6.08. The van der Waals surface area contributed by atoms with Gasteiger partial charge in [-0.25, -0.2) is 9.18 Å². The first-order valence-corrected chi connectivity index (χ1v) is 11.1.